The third kappa shape index (κ3) is 3.87. The Morgan fingerprint density at radius 3 is 2.50 bits per heavy atom. The van der Waals surface area contributed by atoms with Crippen LogP contribution in [0.2, 0.25) is 5.02 Å². The summed E-state index contributed by atoms with van der Waals surface area (Å²) >= 11 is 6.00. The van der Waals surface area contributed by atoms with Crippen LogP contribution in [0.3, 0.4) is 0 Å². The molecule has 2 aromatic carbocycles. The number of aromatic nitrogens is 1. The highest BCUT2D eigenvalue weighted by Crippen LogP contribution is 2.21. The molecule has 3 aromatic rings. The van der Waals surface area contributed by atoms with Crippen molar-refractivity contribution in [3.8, 4) is 0 Å². The number of fused-ring (bicyclic) bond motifs is 1. The quantitative estimate of drug-likeness (QED) is 0.733. The summed E-state index contributed by atoms with van der Waals surface area (Å²) in [5.41, 5.74) is 2.02. The van der Waals surface area contributed by atoms with Gasteiger partial charge in [-0.3, -0.25) is 9.59 Å². The van der Waals surface area contributed by atoms with E-state index in [1.165, 1.54) is 12.1 Å². The van der Waals surface area contributed by atoms with Crippen LogP contribution in [-0.4, -0.2) is 52.8 Å². The van der Waals surface area contributed by atoms with Crippen LogP contribution in [0.1, 0.15) is 16.1 Å². The fourth-order valence-corrected chi connectivity index (χ4v) is 3.66. The molecular formula is C21H19ClFN3O2. The minimum Gasteiger partial charge on any atom is -0.351 e. The first kappa shape index (κ1) is 18.5. The molecule has 5 nitrogen and oxygen atoms in total. The molecule has 0 saturated carbocycles. The molecule has 0 spiro atoms. The number of carbonyl (C=O) groups excluding carboxylic acids is 2. The van der Waals surface area contributed by atoms with Gasteiger partial charge < -0.3 is 14.8 Å². The number of H-pyrrole nitrogens is 1. The van der Waals surface area contributed by atoms with Crippen LogP contribution in [0.4, 0.5) is 4.39 Å². The van der Waals surface area contributed by atoms with Gasteiger partial charge in [-0.25, -0.2) is 4.39 Å². The zero-order chi connectivity index (χ0) is 19.7. The number of amides is 2. The maximum absolute atomic E-state index is 13.3. The van der Waals surface area contributed by atoms with E-state index in [1.54, 1.807) is 34.1 Å². The first-order valence-corrected chi connectivity index (χ1v) is 9.47. The Hall–Kier alpha value is -2.86. The summed E-state index contributed by atoms with van der Waals surface area (Å²) in [7, 11) is 0. The monoisotopic (exact) mass is 399 g/mol. The molecule has 1 aliphatic heterocycles. The van der Waals surface area contributed by atoms with Crippen molar-refractivity contribution in [2.24, 2.45) is 0 Å². The number of halogens is 2. The minimum absolute atomic E-state index is 0.0575. The number of hydrogen-bond donors (Lipinski definition) is 1. The standard InChI is InChI=1S/C21H19ClFN3O2/c22-16-4-5-18-15(12-16)13-19(24-18)21(28)26-8-6-25(7-9-26)20(27)11-14-2-1-3-17(23)10-14/h1-5,10,12-13,24H,6-9,11H2. The molecule has 0 atom stereocenters. The van der Waals surface area contributed by atoms with Gasteiger partial charge in [-0.1, -0.05) is 23.7 Å². The second-order valence-electron chi connectivity index (χ2n) is 6.89. The van der Waals surface area contributed by atoms with Crippen LogP contribution in [-0.2, 0) is 11.2 Å². The number of nitrogens with zero attached hydrogens (tertiary/aromatic N) is 2. The van der Waals surface area contributed by atoms with E-state index in [4.69, 9.17) is 11.6 Å². The maximum atomic E-state index is 13.3. The summed E-state index contributed by atoms with van der Waals surface area (Å²) in [5.74, 6) is -0.497. The zero-order valence-corrected chi connectivity index (χ0v) is 15.9. The van der Waals surface area contributed by atoms with Gasteiger partial charge in [0, 0.05) is 42.1 Å². The smallest absolute Gasteiger partial charge is 0.270 e. The van der Waals surface area contributed by atoms with Crippen molar-refractivity contribution in [1.82, 2.24) is 14.8 Å². The molecule has 2 amide bonds. The van der Waals surface area contributed by atoms with Gasteiger partial charge in [-0.05, 0) is 42.0 Å². The molecule has 0 aliphatic carbocycles. The van der Waals surface area contributed by atoms with E-state index in [2.05, 4.69) is 4.98 Å². The molecule has 4 rings (SSSR count). The number of rotatable bonds is 3. The number of benzene rings is 2. The van der Waals surface area contributed by atoms with Crippen LogP contribution in [0.25, 0.3) is 10.9 Å². The second-order valence-corrected chi connectivity index (χ2v) is 7.33. The lowest BCUT2D eigenvalue weighted by Crippen LogP contribution is -2.51. The van der Waals surface area contributed by atoms with Gasteiger partial charge >= 0.3 is 0 Å². The number of carbonyl (C=O) groups is 2. The molecule has 28 heavy (non-hydrogen) atoms. The lowest BCUT2D eigenvalue weighted by atomic mass is 10.1. The van der Waals surface area contributed by atoms with E-state index in [0.717, 1.165) is 10.9 Å². The van der Waals surface area contributed by atoms with Crippen LogP contribution in [0, 0.1) is 5.82 Å². The highest BCUT2D eigenvalue weighted by atomic mass is 35.5. The third-order valence-electron chi connectivity index (χ3n) is 4.98. The SMILES string of the molecule is O=C(Cc1cccc(F)c1)N1CCN(C(=O)c2cc3cc(Cl)ccc3[nH]2)CC1. The summed E-state index contributed by atoms with van der Waals surface area (Å²) < 4.78 is 13.3. The van der Waals surface area contributed by atoms with Crippen molar-refractivity contribution >= 4 is 34.3 Å². The Morgan fingerprint density at radius 2 is 1.75 bits per heavy atom. The number of nitrogens with one attached hydrogen (secondary N) is 1. The average Bonchev–Trinajstić information content (AvgIpc) is 3.10. The summed E-state index contributed by atoms with van der Waals surface area (Å²) in [5, 5.41) is 1.51. The fourth-order valence-electron chi connectivity index (χ4n) is 3.48. The predicted octanol–water partition coefficient (Wildman–Crippen LogP) is 3.49. The third-order valence-corrected chi connectivity index (χ3v) is 5.21. The molecule has 1 aliphatic rings. The Kier molecular flexibility index (Phi) is 5.05. The van der Waals surface area contributed by atoms with Gasteiger partial charge in [-0.2, -0.15) is 0 Å². The lowest BCUT2D eigenvalue weighted by Gasteiger charge is -2.34. The maximum Gasteiger partial charge on any atom is 0.270 e. The highest BCUT2D eigenvalue weighted by molar-refractivity contribution is 6.31. The van der Waals surface area contributed by atoms with E-state index >= 15 is 0 Å². The highest BCUT2D eigenvalue weighted by Gasteiger charge is 2.25. The molecule has 144 valence electrons. The summed E-state index contributed by atoms with van der Waals surface area (Å²) in [6.07, 6.45) is 0.161. The summed E-state index contributed by atoms with van der Waals surface area (Å²) in [6.45, 7) is 1.85. The Balaban J connectivity index is 1.37. The van der Waals surface area contributed by atoms with E-state index in [9.17, 15) is 14.0 Å². The number of aromatic amines is 1. The fraction of sp³-hybridized carbons (Fsp3) is 0.238. The van der Waals surface area contributed by atoms with Crippen molar-refractivity contribution in [3.05, 3.63) is 70.6 Å². The Labute approximate surface area is 166 Å². The predicted molar refractivity (Wildman–Crippen MR) is 106 cm³/mol. The largest absolute Gasteiger partial charge is 0.351 e. The molecule has 1 fully saturated rings. The Bertz CT molecular complexity index is 1040. The molecule has 1 N–H and O–H groups in total. The zero-order valence-electron chi connectivity index (χ0n) is 15.1. The second kappa shape index (κ2) is 7.64. The minimum atomic E-state index is -0.347. The molecule has 1 aromatic heterocycles. The molecule has 7 heteroatoms. The van der Waals surface area contributed by atoms with Gasteiger partial charge in [-0.15, -0.1) is 0 Å². The van der Waals surface area contributed by atoms with E-state index < -0.39 is 0 Å². The number of piperazine rings is 1. The van der Waals surface area contributed by atoms with Crippen LogP contribution >= 0.6 is 11.6 Å². The van der Waals surface area contributed by atoms with Gasteiger partial charge in [0.15, 0.2) is 0 Å². The molecular weight excluding hydrogens is 381 g/mol. The van der Waals surface area contributed by atoms with Crippen molar-refractivity contribution in [1.29, 1.82) is 0 Å². The molecule has 0 radical (unpaired) electrons. The first-order chi connectivity index (χ1) is 13.5. The first-order valence-electron chi connectivity index (χ1n) is 9.09. The van der Waals surface area contributed by atoms with E-state index in [-0.39, 0.29) is 24.1 Å². The van der Waals surface area contributed by atoms with Crippen molar-refractivity contribution in [2.75, 3.05) is 26.2 Å². The van der Waals surface area contributed by atoms with Crippen molar-refractivity contribution < 1.29 is 14.0 Å². The van der Waals surface area contributed by atoms with Gasteiger partial charge in [0.1, 0.15) is 11.5 Å². The Morgan fingerprint density at radius 1 is 1.00 bits per heavy atom. The molecule has 0 unspecified atom stereocenters. The average molecular weight is 400 g/mol. The van der Waals surface area contributed by atoms with Crippen LogP contribution in [0.5, 0.6) is 0 Å². The van der Waals surface area contributed by atoms with Crippen LogP contribution < -0.4 is 0 Å². The summed E-state index contributed by atoms with van der Waals surface area (Å²) in [6, 6.07) is 13.3. The van der Waals surface area contributed by atoms with Gasteiger partial charge in [0.05, 0.1) is 6.42 Å². The normalized spacial score (nSPS) is 14.5. The van der Waals surface area contributed by atoms with Gasteiger partial charge in [0.2, 0.25) is 5.91 Å². The molecule has 0 bridgehead atoms. The van der Waals surface area contributed by atoms with Crippen molar-refractivity contribution in [2.45, 2.75) is 6.42 Å². The number of hydrogen-bond acceptors (Lipinski definition) is 2. The molecule has 2 heterocycles. The summed E-state index contributed by atoms with van der Waals surface area (Å²) in [4.78, 5) is 31.8. The van der Waals surface area contributed by atoms with E-state index in [1.807, 2.05) is 12.1 Å². The lowest BCUT2D eigenvalue weighted by molar-refractivity contribution is -0.131. The topological polar surface area (TPSA) is 56.4 Å². The van der Waals surface area contributed by atoms with E-state index in [0.29, 0.717) is 42.5 Å². The van der Waals surface area contributed by atoms with Gasteiger partial charge in [0.25, 0.3) is 5.91 Å². The van der Waals surface area contributed by atoms with Crippen molar-refractivity contribution in [3.63, 3.8) is 0 Å². The van der Waals surface area contributed by atoms with Crippen LogP contribution in [0.15, 0.2) is 48.5 Å². The molecule has 1 saturated heterocycles.